The van der Waals surface area contributed by atoms with Gasteiger partial charge >= 0.3 is 0 Å². The minimum Gasteiger partial charge on any atom is -0.356 e. The van der Waals surface area contributed by atoms with E-state index in [2.05, 4.69) is 20.3 Å². The molecule has 0 bridgehead atoms. The lowest BCUT2D eigenvalue weighted by Crippen LogP contribution is -2.02. The molecule has 0 radical (unpaired) electrons. The van der Waals surface area contributed by atoms with Crippen molar-refractivity contribution in [3.8, 4) is 0 Å². The van der Waals surface area contributed by atoms with E-state index >= 15 is 0 Å². The molecule has 0 saturated carbocycles. The highest BCUT2D eigenvalue weighted by Gasteiger charge is 1.99. The number of hydrogen-bond donors (Lipinski definition) is 1. The van der Waals surface area contributed by atoms with E-state index in [1.165, 1.54) is 11.3 Å². The van der Waals surface area contributed by atoms with E-state index < -0.39 is 0 Å². The molecule has 0 saturated heterocycles. The highest BCUT2D eigenvalue weighted by molar-refractivity contribution is 7.14. The predicted molar refractivity (Wildman–Crippen MR) is 61.2 cm³/mol. The number of anilines is 1. The second kappa shape index (κ2) is 4.55. The number of nitrogens with zero attached hydrogens (tertiary/aromatic N) is 3. The summed E-state index contributed by atoms with van der Waals surface area (Å²) in [5, 5.41) is 6.21. The van der Waals surface area contributed by atoms with Crippen molar-refractivity contribution < 1.29 is 0 Å². The van der Waals surface area contributed by atoms with Crippen molar-refractivity contribution in [2.45, 2.75) is 13.5 Å². The van der Waals surface area contributed by atoms with Crippen LogP contribution in [0.5, 0.6) is 0 Å². The largest absolute Gasteiger partial charge is 0.356 e. The Bertz CT molecular complexity index is 440. The Morgan fingerprint density at radius 2 is 2.27 bits per heavy atom. The Balaban J connectivity index is 1.96. The number of rotatable bonds is 3. The Hall–Kier alpha value is -1.20. The SMILES string of the molecule is Cc1cnc(CNc2nc(Cl)cs2)cn1. The maximum Gasteiger partial charge on any atom is 0.184 e. The molecule has 0 aliphatic heterocycles. The molecule has 0 aliphatic rings. The molecular weight excluding hydrogens is 232 g/mol. The predicted octanol–water partition coefficient (Wildman–Crippen LogP) is 2.51. The Morgan fingerprint density at radius 1 is 1.40 bits per heavy atom. The number of halogens is 1. The molecule has 78 valence electrons. The van der Waals surface area contributed by atoms with Crippen molar-refractivity contribution in [1.82, 2.24) is 15.0 Å². The summed E-state index contributed by atoms with van der Waals surface area (Å²) < 4.78 is 0. The first-order chi connectivity index (χ1) is 7.24. The van der Waals surface area contributed by atoms with Gasteiger partial charge in [0.2, 0.25) is 0 Å². The molecule has 0 aliphatic carbocycles. The van der Waals surface area contributed by atoms with E-state index in [1.54, 1.807) is 17.8 Å². The average molecular weight is 241 g/mol. The summed E-state index contributed by atoms with van der Waals surface area (Å²) in [5.41, 5.74) is 1.79. The molecule has 0 aromatic carbocycles. The van der Waals surface area contributed by atoms with Gasteiger partial charge in [0.25, 0.3) is 0 Å². The summed E-state index contributed by atoms with van der Waals surface area (Å²) in [6, 6.07) is 0. The van der Waals surface area contributed by atoms with Crippen molar-refractivity contribution >= 4 is 28.1 Å². The van der Waals surface area contributed by atoms with Crippen molar-refractivity contribution in [2.75, 3.05) is 5.32 Å². The van der Waals surface area contributed by atoms with Crippen LogP contribution in [0.15, 0.2) is 17.8 Å². The lowest BCUT2D eigenvalue weighted by Gasteiger charge is -2.01. The first-order valence-electron chi connectivity index (χ1n) is 4.36. The molecule has 15 heavy (non-hydrogen) atoms. The van der Waals surface area contributed by atoms with Crippen LogP contribution in [0.25, 0.3) is 0 Å². The molecule has 0 unspecified atom stereocenters. The number of aromatic nitrogens is 3. The normalized spacial score (nSPS) is 10.3. The smallest absolute Gasteiger partial charge is 0.184 e. The minimum absolute atomic E-state index is 0.512. The van der Waals surface area contributed by atoms with Crippen LogP contribution in [0.1, 0.15) is 11.4 Å². The molecule has 0 spiro atoms. The zero-order valence-corrected chi connectivity index (χ0v) is 9.64. The zero-order valence-electron chi connectivity index (χ0n) is 8.07. The summed E-state index contributed by atoms with van der Waals surface area (Å²) >= 11 is 7.16. The summed E-state index contributed by atoms with van der Waals surface area (Å²) in [7, 11) is 0. The molecular formula is C9H9ClN4S. The summed E-state index contributed by atoms with van der Waals surface area (Å²) in [5.74, 6) is 0. The number of aryl methyl sites for hydroxylation is 1. The van der Waals surface area contributed by atoms with Crippen LogP contribution in [0.4, 0.5) is 5.13 Å². The van der Waals surface area contributed by atoms with E-state index in [0.29, 0.717) is 11.7 Å². The highest BCUT2D eigenvalue weighted by Crippen LogP contribution is 2.19. The number of thiazole rings is 1. The average Bonchev–Trinajstić information content (AvgIpc) is 2.64. The lowest BCUT2D eigenvalue weighted by atomic mass is 10.4. The molecule has 2 aromatic rings. The molecule has 0 atom stereocenters. The fourth-order valence-electron chi connectivity index (χ4n) is 1.01. The van der Waals surface area contributed by atoms with Crippen LogP contribution < -0.4 is 5.32 Å². The van der Waals surface area contributed by atoms with Crippen molar-refractivity contribution in [3.63, 3.8) is 0 Å². The first-order valence-corrected chi connectivity index (χ1v) is 5.62. The standard InChI is InChI=1S/C9H9ClN4S/c1-6-2-12-7(3-11-6)4-13-9-14-8(10)5-15-9/h2-3,5H,4H2,1H3,(H,13,14). The third-order valence-corrected chi connectivity index (χ3v) is 2.85. The molecule has 2 aromatic heterocycles. The molecule has 6 heteroatoms. The third kappa shape index (κ3) is 2.87. The first kappa shape index (κ1) is 10.3. The zero-order chi connectivity index (χ0) is 10.7. The number of nitrogens with one attached hydrogen (secondary N) is 1. The fourth-order valence-corrected chi connectivity index (χ4v) is 1.85. The monoisotopic (exact) mass is 240 g/mol. The van der Waals surface area contributed by atoms with E-state index in [0.717, 1.165) is 16.5 Å². The van der Waals surface area contributed by atoms with E-state index in [-0.39, 0.29) is 0 Å². The van der Waals surface area contributed by atoms with Crippen LogP contribution in [-0.2, 0) is 6.54 Å². The van der Waals surface area contributed by atoms with E-state index in [4.69, 9.17) is 11.6 Å². The highest BCUT2D eigenvalue weighted by atomic mass is 35.5. The second-order valence-corrected chi connectivity index (χ2v) is 4.22. The molecule has 0 fully saturated rings. The minimum atomic E-state index is 0.512. The summed E-state index contributed by atoms with van der Waals surface area (Å²) in [6.07, 6.45) is 3.49. The molecule has 1 N–H and O–H groups in total. The Morgan fingerprint density at radius 3 is 2.87 bits per heavy atom. The van der Waals surface area contributed by atoms with Crippen LogP contribution in [-0.4, -0.2) is 15.0 Å². The lowest BCUT2D eigenvalue weighted by molar-refractivity contribution is 0.982. The topological polar surface area (TPSA) is 50.7 Å². The van der Waals surface area contributed by atoms with Gasteiger partial charge in [-0.2, -0.15) is 0 Å². The molecule has 2 heterocycles. The van der Waals surface area contributed by atoms with Crippen molar-refractivity contribution in [2.24, 2.45) is 0 Å². The van der Waals surface area contributed by atoms with Gasteiger partial charge in [0.05, 0.1) is 24.1 Å². The van der Waals surface area contributed by atoms with Crippen LogP contribution >= 0.6 is 22.9 Å². The van der Waals surface area contributed by atoms with Crippen molar-refractivity contribution in [3.05, 3.63) is 34.3 Å². The van der Waals surface area contributed by atoms with Gasteiger partial charge in [0.15, 0.2) is 5.13 Å². The molecule has 0 amide bonds. The van der Waals surface area contributed by atoms with Gasteiger partial charge in [0, 0.05) is 11.6 Å². The van der Waals surface area contributed by atoms with Crippen LogP contribution in [0, 0.1) is 6.92 Å². The van der Waals surface area contributed by atoms with E-state index in [1.807, 2.05) is 6.92 Å². The number of hydrogen-bond acceptors (Lipinski definition) is 5. The van der Waals surface area contributed by atoms with Gasteiger partial charge in [-0.05, 0) is 6.92 Å². The second-order valence-electron chi connectivity index (χ2n) is 2.98. The van der Waals surface area contributed by atoms with Crippen LogP contribution in [0.2, 0.25) is 5.15 Å². The van der Waals surface area contributed by atoms with Gasteiger partial charge in [-0.15, -0.1) is 11.3 Å². The quantitative estimate of drug-likeness (QED) is 0.896. The van der Waals surface area contributed by atoms with Gasteiger partial charge in [-0.1, -0.05) is 11.6 Å². The maximum absolute atomic E-state index is 5.69. The van der Waals surface area contributed by atoms with Crippen molar-refractivity contribution in [1.29, 1.82) is 0 Å². The summed E-state index contributed by atoms with van der Waals surface area (Å²) in [4.78, 5) is 12.4. The van der Waals surface area contributed by atoms with Crippen LogP contribution in [0.3, 0.4) is 0 Å². The van der Waals surface area contributed by atoms with Gasteiger partial charge in [-0.25, -0.2) is 4.98 Å². The Labute approximate surface area is 96.4 Å². The van der Waals surface area contributed by atoms with E-state index in [9.17, 15) is 0 Å². The fraction of sp³-hybridized carbons (Fsp3) is 0.222. The summed E-state index contributed by atoms with van der Waals surface area (Å²) in [6.45, 7) is 2.52. The van der Waals surface area contributed by atoms with Gasteiger partial charge in [0.1, 0.15) is 5.15 Å². The molecule has 2 rings (SSSR count). The third-order valence-electron chi connectivity index (χ3n) is 1.73. The Kier molecular flexibility index (Phi) is 3.13. The maximum atomic E-state index is 5.69. The van der Waals surface area contributed by atoms with Gasteiger partial charge in [-0.3, -0.25) is 9.97 Å². The van der Waals surface area contributed by atoms with Gasteiger partial charge < -0.3 is 5.32 Å². The molecule has 4 nitrogen and oxygen atoms in total.